The Bertz CT molecular complexity index is 659. The summed E-state index contributed by atoms with van der Waals surface area (Å²) in [7, 11) is -4.50. The van der Waals surface area contributed by atoms with Crippen molar-refractivity contribution in [2.45, 2.75) is 64.3 Å². The van der Waals surface area contributed by atoms with Crippen molar-refractivity contribution in [3.05, 3.63) is 0 Å². The van der Waals surface area contributed by atoms with E-state index < -0.39 is 40.5 Å². The van der Waals surface area contributed by atoms with Crippen molar-refractivity contribution in [2.75, 3.05) is 6.61 Å². The average molecular weight is 392 g/mol. The lowest BCUT2D eigenvalue weighted by molar-refractivity contribution is -0.155. The van der Waals surface area contributed by atoms with Crippen molar-refractivity contribution in [3.63, 3.8) is 0 Å². The fourth-order valence-corrected chi connectivity index (χ4v) is 3.35. The van der Waals surface area contributed by atoms with Gasteiger partial charge < -0.3 is 15.4 Å². The van der Waals surface area contributed by atoms with E-state index in [1.807, 2.05) is 13.8 Å². The number of carbonyl (C=O) groups is 3. The van der Waals surface area contributed by atoms with Crippen LogP contribution in [0.15, 0.2) is 0 Å². The van der Waals surface area contributed by atoms with Gasteiger partial charge in [0.1, 0.15) is 6.04 Å². The van der Waals surface area contributed by atoms with E-state index in [0.717, 1.165) is 12.8 Å². The van der Waals surface area contributed by atoms with E-state index in [0.29, 0.717) is 6.42 Å². The van der Waals surface area contributed by atoms with Gasteiger partial charge >= 0.3 is 16.4 Å². The second-order valence-corrected chi connectivity index (χ2v) is 7.87. The maximum absolute atomic E-state index is 12.5. The molecule has 1 aliphatic heterocycles. The van der Waals surface area contributed by atoms with E-state index in [1.54, 1.807) is 0 Å². The predicted octanol–water partition coefficient (Wildman–Crippen LogP) is -0.612. The van der Waals surface area contributed by atoms with Crippen molar-refractivity contribution in [2.24, 2.45) is 5.92 Å². The van der Waals surface area contributed by atoms with Crippen LogP contribution in [-0.2, 0) is 37.9 Å². The molecule has 1 aliphatic carbocycles. The predicted molar refractivity (Wildman–Crippen MR) is 87.8 cm³/mol. The van der Waals surface area contributed by atoms with E-state index in [9.17, 15) is 22.8 Å². The van der Waals surface area contributed by atoms with E-state index in [4.69, 9.17) is 4.74 Å². The molecule has 0 spiro atoms. The normalized spacial score (nSPS) is 25.5. The molecule has 10 nitrogen and oxygen atoms in total. The zero-order valence-electron chi connectivity index (χ0n) is 14.9. The Balaban J connectivity index is 2.09. The summed E-state index contributed by atoms with van der Waals surface area (Å²) in [5.41, 5.74) is 0. The number of hydrogen-bond donors (Lipinski definition) is 2. The second-order valence-electron chi connectivity index (χ2n) is 6.67. The first-order valence-electron chi connectivity index (χ1n) is 8.51. The molecule has 11 heteroatoms. The molecule has 2 fully saturated rings. The van der Waals surface area contributed by atoms with Crippen molar-refractivity contribution in [3.8, 4) is 0 Å². The first-order chi connectivity index (χ1) is 12.1. The molecule has 0 aromatic carbocycles. The molecule has 0 aromatic rings. The fourth-order valence-electron chi connectivity index (χ4n) is 2.43. The Kier molecular flexibility index (Phi) is 6.58. The van der Waals surface area contributed by atoms with Crippen LogP contribution in [0.5, 0.6) is 0 Å². The standard InChI is InChI=1S/C15H24N2O8S/c1-4-23-15(20)12-11(24-26(21,22)25-12)14(19)17-10(7-8(2)3)13(18)16-9-5-6-9/h8-12H,4-7H2,1-3H3,(H,16,18)(H,17,19)/t10-,11-,12-/m0/s1. The molecule has 2 rings (SSSR count). The van der Waals surface area contributed by atoms with Crippen LogP contribution in [0.4, 0.5) is 0 Å². The molecule has 0 bridgehead atoms. The Labute approximate surface area is 152 Å². The van der Waals surface area contributed by atoms with Gasteiger partial charge in [0.15, 0.2) is 6.10 Å². The molecular weight excluding hydrogens is 368 g/mol. The molecule has 0 aromatic heterocycles. The minimum atomic E-state index is -4.50. The number of carbonyl (C=O) groups excluding carboxylic acids is 3. The maximum atomic E-state index is 12.5. The number of esters is 1. The van der Waals surface area contributed by atoms with Crippen LogP contribution in [0.1, 0.15) is 40.0 Å². The molecule has 2 amide bonds. The van der Waals surface area contributed by atoms with Gasteiger partial charge in [0, 0.05) is 6.04 Å². The van der Waals surface area contributed by atoms with Crippen molar-refractivity contribution in [1.82, 2.24) is 10.6 Å². The summed E-state index contributed by atoms with van der Waals surface area (Å²) in [4.78, 5) is 36.6. The van der Waals surface area contributed by atoms with Gasteiger partial charge in [-0.15, -0.1) is 0 Å². The van der Waals surface area contributed by atoms with Crippen LogP contribution in [0, 0.1) is 5.92 Å². The van der Waals surface area contributed by atoms with Gasteiger partial charge in [0.25, 0.3) is 5.91 Å². The third-order valence-corrected chi connectivity index (χ3v) is 4.65. The largest absolute Gasteiger partial charge is 0.464 e. The van der Waals surface area contributed by atoms with Crippen molar-refractivity contribution < 1.29 is 35.9 Å². The summed E-state index contributed by atoms with van der Waals surface area (Å²) in [5.74, 6) is -2.23. The molecule has 0 unspecified atom stereocenters. The average Bonchev–Trinajstić information content (AvgIpc) is 3.27. The third kappa shape index (κ3) is 5.64. The van der Waals surface area contributed by atoms with Gasteiger partial charge in [-0.1, -0.05) is 13.8 Å². The van der Waals surface area contributed by atoms with Crippen LogP contribution >= 0.6 is 0 Å². The summed E-state index contributed by atoms with van der Waals surface area (Å²) in [6.07, 6.45) is -1.38. The number of nitrogens with one attached hydrogen (secondary N) is 2. The molecule has 0 radical (unpaired) electrons. The van der Waals surface area contributed by atoms with Crippen molar-refractivity contribution >= 4 is 28.2 Å². The lowest BCUT2D eigenvalue weighted by atomic mass is 10.0. The number of amides is 2. The highest BCUT2D eigenvalue weighted by Gasteiger charge is 2.50. The molecule has 2 N–H and O–H groups in total. The summed E-state index contributed by atoms with van der Waals surface area (Å²) >= 11 is 0. The van der Waals surface area contributed by atoms with Crippen LogP contribution in [0.3, 0.4) is 0 Å². The lowest BCUT2D eigenvalue weighted by Crippen LogP contribution is -2.53. The fraction of sp³-hybridized carbons (Fsp3) is 0.800. The van der Waals surface area contributed by atoms with Crippen LogP contribution in [-0.4, -0.2) is 57.1 Å². The number of rotatable bonds is 8. The Morgan fingerprint density at radius 2 is 1.77 bits per heavy atom. The summed E-state index contributed by atoms with van der Waals surface area (Å²) < 4.78 is 36.8. The van der Waals surface area contributed by atoms with Gasteiger partial charge in [0.2, 0.25) is 12.0 Å². The Hall–Kier alpha value is -1.72. The molecule has 26 heavy (non-hydrogen) atoms. The molecular formula is C15H24N2O8S. The number of ether oxygens (including phenoxy) is 1. The highest BCUT2D eigenvalue weighted by atomic mass is 32.3. The zero-order chi connectivity index (χ0) is 19.5. The topological polar surface area (TPSA) is 137 Å². The highest BCUT2D eigenvalue weighted by Crippen LogP contribution is 2.23. The monoisotopic (exact) mass is 392 g/mol. The molecule has 1 heterocycles. The third-order valence-electron chi connectivity index (χ3n) is 3.76. The quantitative estimate of drug-likeness (QED) is 0.522. The minimum Gasteiger partial charge on any atom is -0.464 e. The molecule has 1 saturated carbocycles. The smallest absolute Gasteiger partial charge is 0.401 e. The Morgan fingerprint density at radius 3 is 2.31 bits per heavy atom. The van der Waals surface area contributed by atoms with Gasteiger partial charge in [-0.2, -0.15) is 8.42 Å². The Morgan fingerprint density at radius 1 is 1.15 bits per heavy atom. The highest BCUT2D eigenvalue weighted by molar-refractivity contribution is 7.82. The van der Waals surface area contributed by atoms with Crippen LogP contribution in [0.2, 0.25) is 0 Å². The van der Waals surface area contributed by atoms with E-state index in [1.165, 1.54) is 6.92 Å². The zero-order valence-corrected chi connectivity index (χ0v) is 15.7. The minimum absolute atomic E-state index is 0.0210. The lowest BCUT2D eigenvalue weighted by Gasteiger charge is -2.22. The van der Waals surface area contributed by atoms with E-state index >= 15 is 0 Å². The van der Waals surface area contributed by atoms with E-state index in [2.05, 4.69) is 19.0 Å². The summed E-state index contributed by atoms with van der Waals surface area (Å²) in [5, 5.41) is 5.25. The van der Waals surface area contributed by atoms with Crippen LogP contribution < -0.4 is 10.6 Å². The molecule has 3 atom stereocenters. The summed E-state index contributed by atoms with van der Waals surface area (Å²) in [6, 6.07) is -0.773. The van der Waals surface area contributed by atoms with Gasteiger partial charge in [-0.25, -0.2) is 13.2 Å². The SMILES string of the molecule is CCOC(=O)[C@H]1OS(=O)(=O)O[C@@H]1C(=O)N[C@@H](CC(C)C)C(=O)NC1CC1. The molecule has 1 saturated heterocycles. The molecule has 2 aliphatic rings. The van der Waals surface area contributed by atoms with Gasteiger partial charge in [-0.3, -0.25) is 9.59 Å². The van der Waals surface area contributed by atoms with Crippen molar-refractivity contribution in [1.29, 1.82) is 0 Å². The van der Waals surface area contributed by atoms with E-state index in [-0.39, 0.29) is 24.5 Å². The first kappa shape index (κ1) is 20.6. The van der Waals surface area contributed by atoms with Crippen LogP contribution in [0.25, 0.3) is 0 Å². The maximum Gasteiger partial charge on any atom is 0.401 e. The van der Waals surface area contributed by atoms with Gasteiger partial charge in [-0.05, 0) is 32.1 Å². The molecule has 148 valence electrons. The number of hydrogen-bond acceptors (Lipinski definition) is 8. The summed E-state index contributed by atoms with van der Waals surface area (Å²) in [6.45, 7) is 5.26. The first-order valence-corrected chi connectivity index (χ1v) is 9.85. The second kappa shape index (κ2) is 8.31. The van der Waals surface area contributed by atoms with Gasteiger partial charge in [0.05, 0.1) is 6.61 Å².